The molecule has 0 aliphatic carbocycles. The molecular formula is C18H30O3. The Labute approximate surface area is 129 Å². The first-order chi connectivity index (χ1) is 10.2. The van der Waals surface area contributed by atoms with E-state index in [-0.39, 0.29) is 12.5 Å². The Balaban J connectivity index is 3.46. The van der Waals surface area contributed by atoms with Crippen LogP contribution in [-0.2, 0) is 4.79 Å². The van der Waals surface area contributed by atoms with E-state index in [1.165, 1.54) is 0 Å². The van der Waals surface area contributed by atoms with Crippen molar-refractivity contribution in [2.24, 2.45) is 0 Å². The lowest BCUT2D eigenvalue weighted by atomic mass is 10.1. The molecule has 21 heavy (non-hydrogen) atoms. The van der Waals surface area contributed by atoms with Crippen molar-refractivity contribution in [3.05, 3.63) is 36.5 Å². The summed E-state index contributed by atoms with van der Waals surface area (Å²) in [5, 5.41) is 18.3. The molecule has 2 N–H and O–H groups in total. The number of aliphatic hydroxyl groups is 1. The fraction of sp³-hybridized carbons (Fsp3) is 0.611. The van der Waals surface area contributed by atoms with Crippen molar-refractivity contribution >= 4 is 5.97 Å². The van der Waals surface area contributed by atoms with Crippen molar-refractivity contribution in [3.63, 3.8) is 0 Å². The Morgan fingerprint density at radius 2 is 1.71 bits per heavy atom. The molecule has 0 heterocycles. The molecule has 0 saturated carbocycles. The van der Waals surface area contributed by atoms with Gasteiger partial charge in [-0.1, -0.05) is 69.1 Å². The Kier molecular flexibility index (Phi) is 14.1. The van der Waals surface area contributed by atoms with Gasteiger partial charge in [0, 0.05) is 6.42 Å². The van der Waals surface area contributed by atoms with Crippen LogP contribution in [0.4, 0.5) is 0 Å². The van der Waals surface area contributed by atoms with Crippen LogP contribution in [0.3, 0.4) is 0 Å². The van der Waals surface area contributed by atoms with E-state index < -0.39 is 5.97 Å². The van der Waals surface area contributed by atoms with Crippen molar-refractivity contribution in [1.29, 1.82) is 0 Å². The second kappa shape index (κ2) is 15.0. The normalized spacial score (nSPS) is 13.6. The molecule has 0 radical (unpaired) electrons. The molecule has 0 aromatic heterocycles. The maximum atomic E-state index is 10.3. The summed E-state index contributed by atoms with van der Waals surface area (Å²) in [6.07, 6.45) is 19.5. The first kappa shape index (κ1) is 19.7. The van der Waals surface area contributed by atoms with Crippen LogP contribution in [0.25, 0.3) is 0 Å². The molecule has 0 amide bonds. The molecule has 0 fully saturated rings. The molecule has 120 valence electrons. The SMILES string of the molecule is CCC=CCC=C/C=C/C(O)CCCCCCCC(=O)O. The largest absolute Gasteiger partial charge is 0.481 e. The van der Waals surface area contributed by atoms with E-state index in [1.807, 2.05) is 18.2 Å². The molecule has 0 aromatic rings. The summed E-state index contributed by atoms with van der Waals surface area (Å²) in [7, 11) is 0. The maximum Gasteiger partial charge on any atom is 0.303 e. The monoisotopic (exact) mass is 294 g/mol. The van der Waals surface area contributed by atoms with Crippen LogP contribution in [0.1, 0.15) is 64.7 Å². The maximum absolute atomic E-state index is 10.3. The third kappa shape index (κ3) is 16.6. The molecule has 0 spiro atoms. The van der Waals surface area contributed by atoms with Gasteiger partial charge in [-0.15, -0.1) is 0 Å². The zero-order valence-corrected chi connectivity index (χ0v) is 13.2. The molecule has 0 aromatic carbocycles. The predicted octanol–water partition coefficient (Wildman–Crippen LogP) is 4.63. The van der Waals surface area contributed by atoms with Crippen LogP contribution in [0.2, 0.25) is 0 Å². The number of hydrogen-bond donors (Lipinski definition) is 2. The van der Waals surface area contributed by atoms with Crippen LogP contribution >= 0.6 is 0 Å². The predicted molar refractivity (Wildman–Crippen MR) is 88.3 cm³/mol. The molecule has 0 rings (SSSR count). The summed E-state index contributed by atoms with van der Waals surface area (Å²) in [6, 6.07) is 0. The van der Waals surface area contributed by atoms with E-state index in [4.69, 9.17) is 5.11 Å². The zero-order valence-electron chi connectivity index (χ0n) is 13.2. The van der Waals surface area contributed by atoms with Gasteiger partial charge in [0.25, 0.3) is 0 Å². The van der Waals surface area contributed by atoms with Crippen LogP contribution in [-0.4, -0.2) is 22.3 Å². The molecule has 1 atom stereocenters. The third-order valence-corrected chi connectivity index (χ3v) is 3.15. The molecule has 3 heteroatoms. The van der Waals surface area contributed by atoms with Gasteiger partial charge < -0.3 is 10.2 Å². The van der Waals surface area contributed by atoms with E-state index in [9.17, 15) is 9.90 Å². The van der Waals surface area contributed by atoms with Gasteiger partial charge >= 0.3 is 5.97 Å². The first-order valence-electron chi connectivity index (χ1n) is 8.05. The van der Waals surface area contributed by atoms with E-state index in [2.05, 4.69) is 25.2 Å². The molecule has 3 nitrogen and oxygen atoms in total. The Hall–Kier alpha value is -1.35. The minimum atomic E-state index is -0.714. The number of unbranched alkanes of at least 4 members (excludes halogenated alkanes) is 4. The van der Waals surface area contributed by atoms with Gasteiger partial charge in [0.15, 0.2) is 0 Å². The van der Waals surface area contributed by atoms with Gasteiger partial charge in [-0.25, -0.2) is 0 Å². The molecule has 0 aliphatic rings. The highest BCUT2D eigenvalue weighted by molar-refractivity contribution is 5.66. The van der Waals surface area contributed by atoms with Crippen molar-refractivity contribution in [1.82, 2.24) is 0 Å². The van der Waals surface area contributed by atoms with E-state index in [1.54, 1.807) is 0 Å². The number of allylic oxidation sites excluding steroid dienone is 5. The molecule has 1 unspecified atom stereocenters. The second-order valence-corrected chi connectivity index (χ2v) is 5.20. The number of aliphatic hydroxyl groups excluding tert-OH is 1. The van der Waals surface area contributed by atoms with Gasteiger partial charge in [0.2, 0.25) is 0 Å². The van der Waals surface area contributed by atoms with Gasteiger partial charge in [0.05, 0.1) is 6.10 Å². The average molecular weight is 294 g/mol. The number of hydrogen-bond acceptors (Lipinski definition) is 2. The molecular weight excluding hydrogens is 264 g/mol. The second-order valence-electron chi connectivity index (χ2n) is 5.20. The minimum Gasteiger partial charge on any atom is -0.481 e. The number of aliphatic carboxylic acids is 1. The lowest BCUT2D eigenvalue weighted by Gasteiger charge is -2.04. The molecule has 0 aliphatic heterocycles. The average Bonchev–Trinajstić information content (AvgIpc) is 2.45. The van der Waals surface area contributed by atoms with E-state index in [0.717, 1.165) is 51.4 Å². The van der Waals surface area contributed by atoms with Crippen molar-refractivity contribution in [3.8, 4) is 0 Å². The van der Waals surface area contributed by atoms with Crippen LogP contribution in [0.5, 0.6) is 0 Å². The topological polar surface area (TPSA) is 57.5 Å². The fourth-order valence-electron chi connectivity index (χ4n) is 1.95. The standard InChI is InChI=1S/C18H30O3/c1-2-3-4-5-6-8-11-14-17(19)15-12-9-7-10-13-16-18(20)21/h3-4,6,8,11,14,17,19H,2,5,7,9-10,12-13,15-16H2,1H3,(H,20,21)/b4-3?,8-6?,14-11+. The first-order valence-corrected chi connectivity index (χ1v) is 8.05. The molecule has 0 bridgehead atoms. The van der Waals surface area contributed by atoms with E-state index in [0.29, 0.717) is 0 Å². The number of carboxylic acid groups (broad SMARTS) is 1. The van der Waals surface area contributed by atoms with Crippen LogP contribution in [0.15, 0.2) is 36.5 Å². The van der Waals surface area contributed by atoms with E-state index >= 15 is 0 Å². The van der Waals surface area contributed by atoms with Crippen molar-refractivity contribution in [2.75, 3.05) is 0 Å². The molecule has 0 saturated heterocycles. The van der Waals surface area contributed by atoms with Gasteiger partial charge in [0.1, 0.15) is 0 Å². The zero-order chi connectivity index (χ0) is 15.8. The lowest BCUT2D eigenvalue weighted by Crippen LogP contribution is -2.01. The minimum absolute atomic E-state index is 0.269. The Morgan fingerprint density at radius 3 is 2.43 bits per heavy atom. The summed E-state index contributed by atoms with van der Waals surface area (Å²) in [5.74, 6) is -0.714. The third-order valence-electron chi connectivity index (χ3n) is 3.15. The highest BCUT2D eigenvalue weighted by Gasteiger charge is 1.99. The van der Waals surface area contributed by atoms with Gasteiger partial charge in [-0.05, 0) is 25.7 Å². The summed E-state index contributed by atoms with van der Waals surface area (Å²) >= 11 is 0. The van der Waals surface area contributed by atoms with Gasteiger partial charge in [-0.2, -0.15) is 0 Å². The number of rotatable bonds is 13. The highest BCUT2D eigenvalue weighted by atomic mass is 16.4. The highest BCUT2D eigenvalue weighted by Crippen LogP contribution is 2.09. The summed E-state index contributed by atoms with van der Waals surface area (Å²) in [5.41, 5.74) is 0. The summed E-state index contributed by atoms with van der Waals surface area (Å²) in [6.45, 7) is 2.11. The van der Waals surface area contributed by atoms with Crippen molar-refractivity contribution in [2.45, 2.75) is 70.8 Å². The fourth-order valence-corrected chi connectivity index (χ4v) is 1.95. The smallest absolute Gasteiger partial charge is 0.303 e. The van der Waals surface area contributed by atoms with Crippen LogP contribution in [0, 0.1) is 0 Å². The summed E-state index contributed by atoms with van der Waals surface area (Å²) < 4.78 is 0. The van der Waals surface area contributed by atoms with Crippen LogP contribution < -0.4 is 0 Å². The number of carboxylic acids is 1. The number of carbonyl (C=O) groups is 1. The van der Waals surface area contributed by atoms with Crippen molar-refractivity contribution < 1.29 is 15.0 Å². The Bertz CT molecular complexity index is 329. The Morgan fingerprint density at radius 1 is 1.00 bits per heavy atom. The quantitative estimate of drug-likeness (QED) is 0.296. The summed E-state index contributed by atoms with van der Waals surface area (Å²) in [4.78, 5) is 10.3. The van der Waals surface area contributed by atoms with Gasteiger partial charge in [-0.3, -0.25) is 4.79 Å². The lowest BCUT2D eigenvalue weighted by molar-refractivity contribution is -0.137.